The van der Waals surface area contributed by atoms with E-state index in [1.165, 1.54) is 32.4 Å². The summed E-state index contributed by atoms with van der Waals surface area (Å²) in [5.74, 6) is 1.92. The largest absolute Gasteiger partial charge is 0.489 e. The molecule has 4 heteroatoms. The van der Waals surface area contributed by atoms with E-state index in [0.29, 0.717) is 6.10 Å². The summed E-state index contributed by atoms with van der Waals surface area (Å²) in [6.07, 6.45) is 7.65. The van der Waals surface area contributed by atoms with Crippen LogP contribution in [0.15, 0.2) is 18.3 Å². The molecule has 3 rings (SSSR count). The van der Waals surface area contributed by atoms with Crippen LogP contribution in [-0.2, 0) is 6.54 Å². The van der Waals surface area contributed by atoms with Crippen LogP contribution in [0.3, 0.4) is 0 Å². The molecule has 0 aromatic carbocycles. The molecule has 1 saturated heterocycles. The molecule has 4 nitrogen and oxygen atoms in total. The van der Waals surface area contributed by atoms with Crippen molar-refractivity contribution in [3.63, 3.8) is 0 Å². The fraction of sp³-hybridized carbons (Fsp3) is 0.706. The average molecular weight is 289 g/mol. The molecule has 0 amide bonds. The first-order chi connectivity index (χ1) is 10.2. The highest BCUT2D eigenvalue weighted by Gasteiger charge is 2.28. The van der Waals surface area contributed by atoms with E-state index < -0.39 is 0 Å². The number of ether oxygens (including phenoxy) is 1. The van der Waals surface area contributed by atoms with Crippen LogP contribution in [-0.4, -0.2) is 54.6 Å². The highest BCUT2D eigenvalue weighted by Crippen LogP contribution is 2.28. The molecular weight excluding hydrogens is 262 g/mol. The van der Waals surface area contributed by atoms with Crippen molar-refractivity contribution in [1.82, 2.24) is 14.8 Å². The van der Waals surface area contributed by atoms with E-state index in [4.69, 9.17) is 4.74 Å². The summed E-state index contributed by atoms with van der Waals surface area (Å²) in [5, 5.41) is 0. The van der Waals surface area contributed by atoms with Crippen molar-refractivity contribution >= 4 is 0 Å². The lowest BCUT2D eigenvalue weighted by atomic mass is 9.85. The lowest BCUT2D eigenvalue weighted by molar-refractivity contribution is 0.170. The Hall–Kier alpha value is -1.13. The maximum Gasteiger partial charge on any atom is 0.123 e. The van der Waals surface area contributed by atoms with Crippen LogP contribution in [0.25, 0.3) is 0 Å². The standard InChI is InChI=1S/C17H27N3O/c1-19(2)12-15-10-16(6-8-18-15)21-17-7-9-20(13-17)11-14-4-3-5-14/h6,8,10,14,17H,3-5,7,9,11-13H2,1-2H3. The van der Waals surface area contributed by atoms with Gasteiger partial charge in [0.15, 0.2) is 0 Å². The van der Waals surface area contributed by atoms with Gasteiger partial charge in [0.25, 0.3) is 0 Å². The van der Waals surface area contributed by atoms with E-state index >= 15 is 0 Å². The molecule has 1 unspecified atom stereocenters. The minimum atomic E-state index is 0.347. The van der Waals surface area contributed by atoms with Gasteiger partial charge in [-0.2, -0.15) is 0 Å². The van der Waals surface area contributed by atoms with Gasteiger partial charge in [0.2, 0.25) is 0 Å². The molecule has 0 radical (unpaired) electrons. The molecule has 116 valence electrons. The van der Waals surface area contributed by atoms with Crippen LogP contribution in [0.1, 0.15) is 31.4 Å². The minimum Gasteiger partial charge on any atom is -0.489 e. The summed E-state index contributed by atoms with van der Waals surface area (Å²) in [7, 11) is 4.12. The van der Waals surface area contributed by atoms with E-state index in [0.717, 1.165) is 36.9 Å². The number of hydrogen-bond donors (Lipinski definition) is 0. The minimum absolute atomic E-state index is 0.347. The highest BCUT2D eigenvalue weighted by molar-refractivity contribution is 5.23. The lowest BCUT2D eigenvalue weighted by Gasteiger charge is -2.29. The van der Waals surface area contributed by atoms with E-state index in [9.17, 15) is 0 Å². The van der Waals surface area contributed by atoms with Crippen molar-refractivity contribution in [1.29, 1.82) is 0 Å². The Labute approximate surface area is 128 Å². The fourth-order valence-corrected chi connectivity index (χ4v) is 3.23. The summed E-state index contributed by atoms with van der Waals surface area (Å²) < 4.78 is 6.16. The van der Waals surface area contributed by atoms with Crippen LogP contribution in [0, 0.1) is 5.92 Å². The van der Waals surface area contributed by atoms with Gasteiger partial charge in [-0.25, -0.2) is 0 Å². The first kappa shape index (κ1) is 14.8. The Balaban J connectivity index is 1.50. The molecule has 1 aromatic rings. The first-order valence-corrected chi connectivity index (χ1v) is 8.18. The number of rotatable bonds is 6. The van der Waals surface area contributed by atoms with Crippen molar-refractivity contribution in [2.24, 2.45) is 5.92 Å². The van der Waals surface area contributed by atoms with Gasteiger partial charge in [-0.1, -0.05) is 6.42 Å². The predicted molar refractivity (Wildman–Crippen MR) is 84.4 cm³/mol. The molecular formula is C17H27N3O. The van der Waals surface area contributed by atoms with Gasteiger partial charge < -0.3 is 9.64 Å². The smallest absolute Gasteiger partial charge is 0.123 e. The third kappa shape index (κ3) is 4.17. The number of nitrogens with zero attached hydrogens (tertiary/aromatic N) is 3. The van der Waals surface area contributed by atoms with E-state index in [-0.39, 0.29) is 0 Å². The number of hydrogen-bond acceptors (Lipinski definition) is 4. The normalized spacial score (nSPS) is 23.5. The van der Waals surface area contributed by atoms with Crippen LogP contribution < -0.4 is 4.74 Å². The molecule has 0 bridgehead atoms. The molecule has 1 aliphatic carbocycles. The third-order valence-corrected chi connectivity index (χ3v) is 4.54. The Morgan fingerprint density at radius 1 is 1.33 bits per heavy atom. The second-order valence-corrected chi connectivity index (χ2v) is 6.81. The average Bonchev–Trinajstić information content (AvgIpc) is 2.81. The molecule has 1 aliphatic heterocycles. The summed E-state index contributed by atoms with van der Waals surface area (Å²) in [4.78, 5) is 9.10. The summed E-state index contributed by atoms with van der Waals surface area (Å²) in [5.41, 5.74) is 1.07. The molecule has 1 aromatic heterocycles. The molecule has 21 heavy (non-hydrogen) atoms. The maximum absolute atomic E-state index is 6.16. The Morgan fingerprint density at radius 2 is 2.19 bits per heavy atom. The van der Waals surface area contributed by atoms with Gasteiger partial charge in [0.05, 0.1) is 5.69 Å². The maximum atomic E-state index is 6.16. The lowest BCUT2D eigenvalue weighted by Crippen LogP contribution is -2.32. The zero-order valence-corrected chi connectivity index (χ0v) is 13.3. The highest BCUT2D eigenvalue weighted by atomic mass is 16.5. The number of aromatic nitrogens is 1. The summed E-state index contributed by atoms with van der Waals surface area (Å²) in [6, 6.07) is 4.06. The zero-order valence-electron chi connectivity index (χ0n) is 13.3. The monoisotopic (exact) mass is 289 g/mol. The summed E-state index contributed by atoms with van der Waals surface area (Å²) >= 11 is 0. The molecule has 2 heterocycles. The zero-order chi connectivity index (χ0) is 14.7. The van der Waals surface area contributed by atoms with Crippen molar-refractivity contribution in [2.75, 3.05) is 33.7 Å². The van der Waals surface area contributed by atoms with Gasteiger partial charge in [0.1, 0.15) is 11.9 Å². The van der Waals surface area contributed by atoms with Crippen LogP contribution in [0.5, 0.6) is 5.75 Å². The van der Waals surface area contributed by atoms with E-state index in [1.807, 2.05) is 12.3 Å². The van der Waals surface area contributed by atoms with Crippen molar-refractivity contribution in [2.45, 2.75) is 38.3 Å². The number of pyridine rings is 1. The number of likely N-dealkylation sites (tertiary alicyclic amines) is 1. The molecule has 2 fully saturated rings. The topological polar surface area (TPSA) is 28.6 Å². The second-order valence-electron chi connectivity index (χ2n) is 6.81. The van der Waals surface area contributed by atoms with Crippen molar-refractivity contribution in [3.05, 3.63) is 24.0 Å². The second kappa shape index (κ2) is 6.75. The van der Waals surface area contributed by atoms with Crippen LogP contribution in [0.2, 0.25) is 0 Å². The van der Waals surface area contributed by atoms with Gasteiger partial charge in [-0.15, -0.1) is 0 Å². The SMILES string of the molecule is CN(C)Cc1cc(OC2CCN(CC3CCC3)C2)ccn1. The molecule has 0 spiro atoms. The van der Waals surface area contributed by atoms with E-state index in [2.05, 4.69) is 34.9 Å². The Bertz CT molecular complexity index is 459. The molecule has 0 N–H and O–H groups in total. The molecule has 1 saturated carbocycles. The van der Waals surface area contributed by atoms with Crippen molar-refractivity contribution < 1.29 is 4.74 Å². The van der Waals surface area contributed by atoms with E-state index in [1.54, 1.807) is 0 Å². The van der Waals surface area contributed by atoms with Gasteiger partial charge in [0, 0.05) is 38.4 Å². The Morgan fingerprint density at radius 3 is 2.90 bits per heavy atom. The first-order valence-electron chi connectivity index (χ1n) is 8.18. The Kier molecular flexibility index (Phi) is 4.76. The van der Waals surface area contributed by atoms with Crippen LogP contribution >= 0.6 is 0 Å². The predicted octanol–water partition coefficient (Wildman–Crippen LogP) is 2.40. The van der Waals surface area contributed by atoms with Crippen molar-refractivity contribution in [3.8, 4) is 5.75 Å². The van der Waals surface area contributed by atoms with Gasteiger partial charge in [-0.3, -0.25) is 9.88 Å². The van der Waals surface area contributed by atoms with Gasteiger partial charge >= 0.3 is 0 Å². The quantitative estimate of drug-likeness (QED) is 0.804. The van der Waals surface area contributed by atoms with Crippen LogP contribution in [0.4, 0.5) is 0 Å². The van der Waals surface area contributed by atoms with Gasteiger partial charge in [-0.05, 0) is 45.3 Å². The third-order valence-electron chi connectivity index (χ3n) is 4.54. The fourth-order valence-electron chi connectivity index (χ4n) is 3.23. The molecule has 2 aliphatic rings. The summed E-state index contributed by atoms with van der Waals surface area (Å²) in [6.45, 7) is 4.41. The molecule has 1 atom stereocenters.